The van der Waals surface area contributed by atoms with E-state index in [1.54, 1.807) is 11.2 Å². The molecule has 0 bridgehead atoms. The second kappa shape index (κ2) is 6.75. The van der Waals surface area contributed by atoms with Crippen LogP contribution in [0.4, 0.5) is 5.69 Å². The molecule has 23 heavy (non-hydrogen) atoms. The third-order valence-electron chi connectivity index (χ3n) is 3.57. The predicted octanol–water partition coefficient (Wildman–Crippen LogP) is 3.85. The normalized spacial score (nSPS) is 10.7. The van der Waals surface area contributed by atoms with Crippen LogP contribution in [0.25, 0.3) is 0 Å². The van der Waals surface area contributed by atoms with E-state index in [4.69, 9.17) is 4.42 Å². The highest BCUT2D eigenvalue weighted by Crippen LogP contribution is 2.23. The van der Waals surface area contributed by atoms with Crippen molar-refractivity contribution in [2.24, 2.45) is 0 Å². The van der Waals surface area contributed by atoms with E-state index in [1.807, 2.05) is 50.2 Å². The summed E-state index contributed by atoms with van der Waals surface area (Å²) in [6.45, 7) is 4.36. The maximum absolute atomic E-state index is 13.0. The van der Waals surface area contributed by atoms with Crippen LogP contribution in [0, 0.1) is 6.92 Å². The number of amides is 1. The molecular formula is C17H17N3O2S. The number of hydrogen-bond donors (Lipinski definition) is 0. The van der Waals surface area contributed by atoms with Gasteiger partial charge in [-0.2, -0.15) is 0 Å². The van der Waals surface area contributed by atoms with Gasteiger partial charge in [0.1, 0.15) is 10.6 Å². The molecule has 0 aliphatic rings. The van der Waals surface area contributed by atoms with Crippen molar-refractivity contribution >= 4 is 23.1 Å². The summed E-state index contributed by atoms with van der Waals surface area (Å²) in [5.41, 5.74) is 2.71. The molecular weight excluding hydrogens is 310 g/mol. The first kappa shape index (κ1) is 15.4. The van der Waals surface area contributed by atoms with Crippen molar-refractivity contribution in [3.8, 4) is 0 Å². The Bertz CT molecular complexity index is 779. The molecule has 0 fully saturated rings. The van der Waals surface area contributed by atoms with E-state index in [2.05, 4.69) is 9.59 Å². The van der Waals surface area contributed by atoms with Crippen LogP contribution < -0.4 is 4.90 Å². The molecule has 1 amide bonds. The second-order valence-electron chi connectivity index (χ2n) is 5.21. The average molecular weight is 327 g/mol. The zero-order chi connectivity index (χ0) is 16.2. The fourth-order valence-electron chi connectivity index (χ4n) is 2.29. The molecule has 118 valence electrons. The van der Waals surface area contributed by atoms with Crippen molar-refractivity contribution in [1.82, 2.24) is 9.59 Å². The number of aryl methyl sites for hydroxylation is 2. The Labute approximate surface area is 138 Å². The number of carbonyl (C=O) groups is 1. The smallest absolute Gasteiger partial charge is 0.272 e. The van der Waals surface area contributed by atoms with Gasteiger partial charge in [-0.3, -0.25) is 9.69 Å². The molecule has 3 aromatic rings. The van der Waals surface area contributed by atoms with Gasteiger partial charge in [0.05, 0.1) is 18.5 Å². The number of rotatable bonds is 5. The van der Waals surface area contributed by atoms with Crippen molar-refractivity contribution in [2.45, 2.75) is 26.8 Å². The van der Waals surface area contributed by atoms with Gasteiger partial charge in [0.25, 0.3) is 5.91 Å². The highest BCUT2D eigenvalue weighted by Gasteiger charge is 2.24. The van der Waals surface area contributed by atoms with Crippen LogP contribution in [0.2, 0.25) is 0 Å². The second-order valence-corrected chi connectivity index (χ2v) is 5.96. The van der Waals surface area contributed by atoms with E-state index in [-0.39, 0.29) is 5.91 Å². The summed E-state index contributed by atoms with van der Waals surface area (Å²) in [6, 6.07) is 11.5. The molecule has 0 N–H and O–H groups in total. The van der Waals surface area contributed by atoms with Crippen molar-refractivity contribution in [3.05, 3.63) is 64.6 Å². The summed E-state index contributed by atoms with van der Waals surface area (Å²) in [5.74, 6) is 0.631. The third kappa shape index (κ3) is 3.32. The molecule has 2 aromatic heterocycles. The lowest BCUT2D eigenvalue weighted by Gasteiger charge is -2.21. The molecule has 5 nitrogen and oxygen atoms in total. The van der Waals surface area contributed by atoms with Crippen LogP contribution in [0.1, 0.15) is 33.6 Å². The first-order valence-electron chi connectivity index (χ1n) is 7.41. The zero-order valence-corrected chi connectivity index (χ0v) is 13.8. The zero-order valence-electron chi connectivity index (χ0n) is 13.0. The Hall–Kier alpha value is -2.47. The number of furan rings is 1. The van der Waals surface area contributed by atoms with Gasteiger partial charge in [-0.05, 0) is 49.1 Å². The Morgan fingerprint density at radius 3 is 2.70 bits per heavy atom. The van der Waals surface area contributed by atoms with Crippen molar-refractivity contribution in [2.75, 3.05) is 4.90 Å². The minimum Gasteiger partial charge on any atom is -0.467 e. The fourth-order valence-corrected chi connectivity index (χ4v) is 2.99. The van der Waals surface area contributed by atoms with E-state index in [0.717, 1.165) is 34.2 Å². The average Bonchev–Trinajstić information content (AvgIpc) is 3.24. The van der Waals surface area contributed by atoms with Crippen molar-refractivity contribution in [1.29, 1.82) is 0 Å². The lowest BCUT2D eigenvalue weighted by atomic mass is 10.2. The SMILES string of the molecule is CCc1nnsc1C(=O)N(Cc1ccco1)c1ccc(C)cc1. The topological polar surface area (TPSA) is 59.2 Å². The summed E-state index contributed by atoms with van der Waals surface area (Å²) in [5, 5.41) is 4.04. The number of nitrogens with zero attached hydrogens (tertiary/aromatic N) is 3. The molecule has 0 spiro atoms. The summed E-state index contributed by atoms with van der Waals surface area (Å²) in [7, 11) is 0. The van der Waals surface area contributed by atoms with Gasteiger partial charge >= 0.3 is 0 Å². The minimum atomic E-state index is -0.0999. The summed E-state index contributed by atoms with van der Waals surface area (Å²) in [4.78, 5) is 15.3. The van der Waals surface area contributed by atoms with Gasteiger partial charge in [0.15, 0.2) is 0 Å². The number of anilines is 1. The first-order valence-corrected chi connectivity index (χ1v) is 8.18. The van der Waals surface area contributed by atoms with E-state index >= 15 is 0 Å². The molecule has 2 heterocycles. The van der Waals surface area contributed by atoms with Gasteiger partial charge in [0.2, 0.25) is 0 Å². The minimum absolute atomic E-state index is 0.0999. The molecule has 1 aromatic carbocycles. The molecule has 3 rings (SSSR count). The number of hydrogen-bond acceptors (Lipinski definition) is 5. The van der Waals surface area contributed by atoms with E-state index < -0.39 is 0 Å². The molecule has 0 saturated heterocycles. The highest BCUT2D eigenvalue weighted by molar-refractivity contribution is 7.08. The number of benzene rings is 1. The lowest BCUT2D eigenvalue weighted by molar-refractivity contribution is 0.0986. The Balaban J connectivity index is 1.97. The van der Waals surface area contributed by atoms with Crippen molar-refractivity contribution < 1.29 is 9.21 Å². The fraction of sp³-hybridized carbons (Fsp3) is 0.235. The number of carbonyl (C=O) groups excluding carboxylic acids is 1. The highest BCUT2D eigenvalue weighted by atomic mass is 32.1. The van der Waals surface area contributed by atoms with Crippen LogP contribution in [0.5, 0.6) is 0 Å². The van der Waals surface area contributed by atoms with Gasteiger partial charge in [-0.25, -0.2) is 0 Å². The van der Waals surface area contributed by atoms with E-state index in [0.29, 0.717) is 17.8 Å². The molecule has 6 heteroatoms. The summed E-state index contributed by atoms with van der Waals surface area (Å²) < 4.78 is 9.33. The molecule has 0 atom stereocenters. The quantitative estimate of drug-likeness (QED) is 0.714. The van der Waals surface area contributed by atoms with Crippen LogP contribution in [-0.4, -0.2) is 15.5 Å². The largest absolute Gasteiger partial charge is 0.467 e. The predicted molar refractivity (Wildman–Crippen MR) is 89.7 cm³/mol. The van der Waals surface area contributed by atoms with Gasteiger partial charge in [-0.15, -0.1) is 5.10 Å². The maximum Gasteiger partial charge on any atom is 0.272 e. The van der Waals surface area contributed by atoms with E-state index in [9.17, 15) is 4.79 Å². The van der Waals surface area contributed by atoms with Crippen LogP contribution in [-0.2, 0) is 13.0 Å². The van der Waals surface area contributed by atoms with Gasteiger partial charge in [-0.1, -0.05) is 29.1 Å². The molecule has 0 unspecified atom stereocenters. The molecule has 0 aliphatic heterocycles. The van der Waals surface area contributed by atoms with Crippen molar-refractivity contribution in [3.63, 3.8) is 0 Å². The number of aromatic nitrogens is 2. The molecule has 0 aliphatic carbocycles. The Morgan fingerprint density at radius 2 is 2.04 bits per heavy atom. The lowest BCUT2D eigenvalue weighted by Crippen LogP contribution is -2.30. The first-order chi connectivity index (χ1) is 11.2. The third-order valence-corrected chi connectivity index (χ3v) is 4.33. The molecule has 0 saturated carbocycles. The van der Waals surface area contributed by atoms with Crippen LogP contribution >= 0.6 is 11.5 Å². The maximum atomic E-state index is 13.0. The monoisotopic (exact) mass is 327 g/mol. The summed E-state index contributed by atoms with van der Waals surface area (Å²) in [6.07, 6.45) is 2.29. The molecule has 0 radical (unpaired) electrons. The van der Waals surface area contributed by atoms with E-state index in [1.165, 1.54) is 0 Å². The van der Waals surface area contributed by atoms with Gasteiger partial charge < -0.3 is 4.42 Å². The van der Waals surface area contributed by atoms with Gasteiger partial charge in [0, 0.05) is 5.69 Å². The Morgan fingerprint density at radius 1 is 1.26 bits per heavy atom. The Kier molecular flexibility index (Phi) is 4.52. The standard InChI is InChI=1S/C17H17N3O2S/c1-3-15-16(23-19-18-15)17(21)20(11-14-5-4-10-22-14)13-8-6-12(2)7-9-13/h4-10H,3,11H2,1-2H3. The summed E-state index contributed by atoms with van der Waals surface area (Å²) >= 11 is 1.14. The van der Waals surface area contributed by atoms with Crippen LogP contribution in [0.3, 0.4) is 0 Å². The van der Waals surface area contributed by atoms with Crippen LogP contribution in [0.15, 0.2) is 47.1 Å².